The average molecular weight is 366 g/mol. The highest BCUT2D eigenvalue weighted by Gasteiger charge is 2.05. The van der Waals surface area contributed by atoms with Gasteiger partial charge in [0.2, 0.25) is 0 Å². The highest BCUT2D eigenvalue weighted by atomic mass is 16.5. The van der Waals surface area contributed by atoms with E-state index in [1.165, 1.54) is 11.8 Å². The number of aromatic amines is 1. The number of ether oxygens (including phenoxy) is 1. The Hall–Kier alpha value is -3.74. The Balaban J connectivity index is 0.000000156. The quantitative estimate of drug-likeness (QED) is 0.532. The molecule has 4 aromatic rings. The standard InChI is InChI=1S/C10H10N2O.C10H8O4/c1-8-7-10(13)12(11-8)9-5-3-2-4-6-9;1-13-6-2-3-9-7(4-6)8(11)5-10(12)14-9/h2-7,11H,1H3;2-5,11H,1H3. The van der Waals surface area contributed by atoms with E-state index >= 15 is 0 Å². The molecular weight excluding hydrogens is 348 g/mol. The number of methoxy groups -OCH3 is 1. The Bertz CT molecular complexity index is 1170. The summed E-state index contributed by atoms with van der Waals surface area (Å²) in [6.45, 7) is 1.86. The molecule has 7 heteroatoms. The molecule has 27 heavy (non-hydrogen) atoms. The van der Waals surface area contributed by atoms with E-state index in [-0.39, 0.29) is 11.3 Å². The number of hydrogen-bond acceptors (Lipinski definition) is 5. The maximum Gasteiger partial charge on any atom is 0.339 e. The van der Waals surface area contributed by atoms with Crippen LogP contribution in [0.5, 0.6) is 11.5 Å². The van der Waals surface area contributed by atoms with E-state index in [0.29, 0.717) is 16.7 Å². The molecule has 0 atom stereocenters. The number of benzene rings is 2. The molecule has 2 heterocycles. The zero-order valence-corrected chi connectivity index (χ0v) is 14.8. The molecule has 0 saturated heterocycles. The van der Waals surface area contributed by atoms with E-state index < -0.39 is 5.63 Å². The minimum atomic E-state index is -0.569. The summed E-state index contributed by atoms with van der Waals surface area (Å²) in [4.78, 5) is 22.3. The Kier molecular flexibility index (Phi) is 5.12. The largest absolute Gasteiger partial charge is 0.507 e. The van der Waals surface area contributed by atoms with E-state index in [0.717, 1.165) is 17.4 Å². The minimum absolute atomic E-state index is 0.0244. The van der Waals surface area contributed by atoms with E-state index in [4.69, 9.17) is 9.15 Å². The molecule has 4 rings (SSSR count). The van der Waals surface area contributed by atoms with Crippen molar-refractivity contribution in [2.75, 3.05) is 7.11 Å². The third kappa shape index (κ3) is 4.09. The maximum absolute atomic E-state index is 11.4. The summed E-state index contributed by atoms with van der Waals surface area (Å²) < 4.78 is 11.4. The fourth-order valence-corrected chi connectivity index (χ4v) is 2.53. The molecule has 0 spiro atoms. The first-order chi connectivity index (χ1) is 13.0. The number of aromatic nitrogens is 2. The van der Waals surface area contributed by atoms with Crippen molar-refractivity contribution in [2.45, 2.75) is 6.92 Å². The van der Waals surface area contributed by atoms with Crippen molar-refractivity contribution in [1.82, 2.24) is 9.78 Å². The van der Waals surface area contributed by atoms with Crippen molar-refractivity contribution in [3.05, 3.63) is 87.1 Å². The second kappa shape index (κ2) is 7.65. The molecule has 0 unspecified atom stereocenters. The van der Waals surface area contributed by atoms with Gasteiger partial charge < -0.3 is 14.3 Å². The highest BCUT2D eigenvalue weighted by Crippen LogP contribution is 2.26. The maximum atomic E-state index is 11.4. The van der Waals surface area contributed by atoms with Gasteiger partial charge in [-0.2, -0.15) is 0 Å². The number of aryl methyl sites for hydroxylation is 1. The molecule has 0 aliphatic carbocycles. The van der Waals surface area contributed by atoms with Crippen molar-refractivity contribution < 1.29 is 14.3 Å². The van der Waals surface area contributed by atoms with Crippen molar-refractivity contribution >= 4 is 11.0 Å². The number of rotatable bonds is 2. The van der Waals surface area contributed by atoms with E-state index in [9.17, 15) is 14.7 Å². The molecule has 138 valence electrons. The van der Waals surface area contributed by atoms with E-state index in [1.807, 2.05) is 37.3 Å². The summed E-state index contributed by atoms with van der Waals surface area (Å²) in [6.07, 6.45) is 0. The van der Waals surface area contributed by atoms with Crippen molar-refractivity contribution in [3.63, 3.8) is 0 Å². The van der Waals surface area contributed by atoms with Crippen LogP contribution in [0.4, 0.5) is 0 Å². The lowest BCUT2D eigenvalue weighted by Gasteiger charge is -2.02. The molecule has 0 bridgehead atoms. The van der Waals surface area contributed by atoms with Crippen LogP contribution in [0, 0.1) is 6.92 Å². The van der Waals surface area contributed by atoms with Gasteiger partial charge in [0.05, 0.1) is 24.2 Å². The first-order valence-electron chi connectivity index (χ1n) is 8.13. The zero-order chi connectivity index (χ0) is 19.4. The number of nitrogens with zero attached hydrogens (tertiary/aromatic N) is 1. The van der Waals surface area contributed by atoms with Crippen LogP contribution in [0.15, 0.2) is 74.7 Å². The van der Waals surface area contributed by atoms with Crippen molar-refractivity contribution in [1.29, 1.82) is 0 Å². The molecule has 0 fully saturated rings. The number of H-pyrrole nitrogens is 1. The number of aromatic hydroxyl groups is 1. The molecule has 0 saturated carbocycles. The first kappa shape index (κ1) is 18.1. The van der Waals surface area contributed by atoms with Gasteiger partial charge in [0.15, 0.2) is 0 Å². The Morgan fingerprint density at radius 1 is 1.04 bits per heavy atom. The lowest BCUT2D eigenvalue weighted by Crippen LogP contribution is -2.12. The number of nitrogens with one attached hydrogen (secondary N) is 1. The summed E-state index contributed by atoms with van der Waals surface area (Å²) in [5.41, 5.74) is 1.48. The van der Waals surface area contributed by atoms with Gasteiger partial charge in [-0.25, -0.2) is 9.48 Å². The first-order valence-corrected chi connectivity index (χ1v) is 8.13. The molecule has 2 aromatic heterocycles. The van der Waals surface area contributed by atoms with Crippen LogP contribution in [-0.4, -0.2) is 22.0 Å². The fourth-order valence-electron chi connectivity index (χ4n) is 2.53. The predicted octanol–water partition coefficient (Wildman–Crippen LogP) is 2.98. The molecule has 0 radical (unpaired) electrons. The summed E-state index contributed by atoms with van der Waals surface area (Å²) in [7, 11) is 1.53. The summed E-state index contributed by atoms with van der Waals surface area (Å²) in [5, 5.41) is 12.9. The lowest BCUT2D eigenvalue weighted by molar-refractivity contribution is 0.414. The van der Waals surface area contributed by atoms with Gasteiger partial charge in [0, 0.05) is 11.8 Å². The monoisotopic (exact) mass is 366 g/mol. The number of fused-ring (bicyclic) bond motifs is 1. The molecule has 2 aromatic carbocycles. The summed E-state index contributed by atoms with van der Waals surface area (Å²) in [5.74, 6) is 0.497. The molecule has 7 nitrogen and oxygen atoms in total. The Labute approximate surface area is 154 Å². The average Bonchev–Trinajstić information content (AvgIpc) is 3.01. The lowest BCUT2D eigenvalue weighted by atomic mass is 10.2. The smallest absolute Gasteiger partial charge is 0.339 e. The van der Waals surface area contributed by atoms with Crippen LogP contribution >= 0.6 is 0 Å². The Morgan fingerprint density at radius 3 is 2.41 bits per heavy atom. The van der Waals surface area contributed by atoms with Crippen LogP contribution in [0.3, 0.4) is 0 Å². The normalized spacial score (nSPS) is 10.3. The van der Waals surface area contributed by atoms with Gasteiger partial charge in [0.25, 0.3) is 5.56 Å². The van der Waals surface area contributed by atoms with Gasteiger partial charge in [-0.05, 0) is 37.3 Å². The minimum Gasteiger partial charge on any atom is -0.507 e. The van der Waals surface area contributed by atoms with Crippen LogP contribution in [0.25, 0.3) is 16.7 Å². The van der Waals surface area contributed by atoms with Gasteiger partial charge in [0.1, 0.15) is 17.1 Å². The van der Waals surface area contributed by atoms with E-state index in [2.05, 4.69) is 5.10 Å². The third-order valence-electron chi connectivity index (χ3n) is 3.79. The second-order valence-corrected chi connectivity index (χ2v) is 5.76. The molecule has 0 aliphatic rings. The Morgan fingerprint density at radius 2 is 1.78 bits per heavy atom. The SMILES string of the molecule is COc1ccc2oc(=O)cc(O)c2c1.Cc1cc(=O)n(-c2ccccc2)[nH]1. The van der Waals surface area contributed by atoms with Gasteiger partial charge in [-0.1, -0.05) is 18.2 Å². The van der Waals surface area contributed by atoms with Crippen LogP contribution in [-0.2, 0) is 0 Å². The topological polar surface area (TPSA) is 97.5 Å². The fraction of sp³-hybridized carbons (Fsp3) is 0.100. The predicted molar refractivity (Wildman–Crippen MR) is 102 cm³/mol. The van der Waals surface area contributed by atoms with Crippen LogP contribution in [0.2, 0.25) is 0 Å². The third-order valence-corrected chi connectivity index (χ3v) is 3.79. The van der Waals surface area contributed by atoms with Gasteiger partial charge in [-0.3, -0.25) is 9.89 Å². The molecular formula is C20H18N2O5. The molecule has 2 N–H and O–H groups in total. The molecule has 0 amide bonds. The molecule has 0 aliphatic heterocycles. The number of hydrogen-bond donors (Lipinski definition) is 2. The summed E-state index contributed by atoms with van der Waals surface area (Å²) in [6, 6.07) is 16.9. The zero-order valence-electron chi connectivity index (χ0n) is 14.8. The van der Waals surface area contributed by atoms with Crippen LogP contribution < -0.4 is 15.9 Å². The van der Waals surface area contributed by atoms with Crippen molar-refractivity contribution in [2.24, 2.45) is 0 Å². The van der Waals surface area contributed by atoms with E-state index in [1.54, 1.807) is 24.3 Å². The van der Waals surface area contributed by atoms with Crippen LogP contribution in [0.1, 0.15) is 5.69 Å². The summed E-state index contributed by atoms with van der Waals surface area (Å²) >= 11 is 0. The highest BCUT2D eigenvalue weighted by molar-refractivity contribution is 5.84. The number of para-hydroxylation sites is 1. The second-order valence-electron chi connectivity index (χ2n) is 5.76. The van der Waals surface area contributed by atoms with Gasteiger partial charge >= 0.3 is 5.63 Å². The van der Waals surface area contributed by atoms with Gasteiger partial charge in [-0.15, -0.1) is 0 Å². The van der Waals surface area contributed by atoms with Crippen molar-refractivity contribution in [3.8, 4) is 17.2 Å².